The van der Waals surface area contributed by atoms with Gasteiger partial charge >= 0.3 is 0 Å². The Morgan fingerprint density at radius 3 is 2.52 bits per heavy atom. The summed E-state index contributed by atoms with van der Waals surface area (Å²) < 4.78 is 0. The molecule has 25 heavy (non-hydrogen) atoms. The molecule has 0 aliphatic heterocycles. The number of aliphatic hydroxyl groups is 1. The monoisotopic (exact) mass is 344 g/mol. The number of hydrogen-bond donors (Lipinski definition) is 1. The summed E-state index contributed by atoms with van der Waals surface area (Å²) in [6.45, 7) is 8.40. The predicted octanol–water partition coefficient (Wildman–Crippen LogP) is 4.08. The minimum absolute atomic E-state index is 0.0464. The molecule has 3 heteroatoms. The van der Waals surface area contributed by atoms with Gasteiger partial charge in [0.25, 0.3) is 0 Å². The fourth-order valence-corrected chi connectivity index (χ4v) is 7.58. The average Bonchev–Trinajstić information content (AvgIpc) is 2.83. The SMILES string of the molecule is CC(=O)[C@]1(O)CC[C@@H]2[C@@H]3C[C@H](C)C4=CC(=O)CC[C@@]4(C)[C@H]3CC[C@]21C. The first-order chi connectivity index (χ1) is 11.6. The van der Waals surface area contributed by atoms with Crippen molar-refractivity contribution in [3.63, 3.8) is 0 Å². The Kier molecular flexibility index (Phi) is 3.69. The highest BCUT2D eigenvalue weighted by Gasteiger charge is 2.66. The number of carbonyl (C=O) groups is 2. The number of hydrogen-bond acceptors (Lipinski definition) is 3. The van der Waals surface area contributed by atoms with Gasteiger partial charge in [0.1, 0.15) is 5.60 Å². The van der Waals surface area contributed by atoms with Gasteiger partial charge in [0.15, 0.2) is 11.6 Å². The fraction of sp³-hybridized carbons (Fsp3) is 0.818. The van der Waals surface area contributed by atoms with Gasteiger partial charge in [-0.3, -0.25) is 9.59 Å². The highest BCUT2D eigenvalue weighted by molar-refractivity contribution is 5.91. The summed E-state index contributed by atoms with van der Waals surface area (Å²) in [5, 5.41) is 11.2. The van der Waals surface area contributed by atoms with Crippen LogP contribution in [0.15, 0.2) is 11.6 Å². The molecule has 0 radical (unpaired) electrons. The van der Waals surface area contributed by atoms with Gasteiger partial charge < -0.3 is 5.11 Å². The van der Waals surface area contributed by atoms with Gasteiger partial charge in [-0.1, -0.05) is 26.3 Å². The third kappa shape index (κ3) is 2.08. The molecule has 7 atom stereocenters. The maximum Gasteiger partial charge on any atom is 0.161 e. The van der Waals surface area contributed by atoms with Gasteiger partial charge in [0, 0.05) is 11.8 Å². The van der Waals surface area contributed by atoms with Gasteiger partial charge in [0.2, 0.25) is 0 Å². The normalized spacial score (nSPS) is 52.0. The number of Topliss-reactive ketones (excluding diaryl/α,β-unsaturated/α-hetero) is 1. The van der Waals surface area contributed by atoms with E-state index >= 15 is 0 Å². The lowest BCUT2D eigenvalue weighted by atomic mass is 9.45. The highest BCUT2D eigenvalue weighted by atomic mass is 16.3. The maximum absolute atomic E-state index is 12.3. The molecular formula is C22H32O3. The van der Waals surface area contributed by atoms with E-state index in [1.54, 1.807) is 6.92 Å². The van der Waals surface area contributed by atoms with Gasteiger partial charge in [-0.25, -0.2) is 0 Å². The van der Waals surface area contributed by atoms with Crippen molar-refractivity contribution >= 4 is 11.6 Å². The molecule has 1 N–H and O–H groups in total. The van der Waals surface area contributed by atoms with Crippen molar-refractivity contribution in [2.75, 3.05) is 0 Å². The fourth-order valence-electron chi connectivity index (χ4n) is 7.58. The largest absolute Gasteiger partial charge is 0.382 e. The molecule has 4 aliphatic carbocycles. The topological polar surface area (TPSA) is 54.4 Å². The first kappa shape index (κ1) is 17.5. The van der Waals surface area contributed by atoms with E-state index in [1.807, 2.05) is 6.08 Å². The van der Waals surface area contributed by atoms with Crippen molar-refractivity contribution in [2.24, 2.45) is 34.5 Å². The van der Waals surface area contributed by atoms with Crippen LogP contribution in [0.5, 0.6) is 0 Å². The van der Waals surface area contributed by atoms with E-state index in [0.29, 0.717) is 42.3 Å². The predicted molar refractivity (Wildman–Crippen MR) is 96.9 cm³/mol. The summed E-state index contributed by atoms with van der Waals surface area (Å²) in [5.41, 5.74) is 0.107. The minimum atomic E-state index is -1.13. The smallest absolute Gasteiger partial charge is 0.161 e. The number of rotatable bonds is 1. The van der Waals surface area contributed by atoms with Crippen LogP contribution in [-0.4, -0.2) is 22.3 Å². The quantitative estimate of drug-likeness (QED) is 0.779. The molecule has 4 rings (SSSR count). The summed E-state index contributed by atoms with van der Waals surface area (Å²) in [6.07, 6.45) is 8.31. The van der Waals surface area contributed by atoms with Crippen LogP contribution in [0.4, 0.5) is 0 Å². The Morgan fingerprint density at radius 1 is 1.16 bits per heavy atom. The molecule has 3 fully saturated rings. The minimum Gasteiger partial charge on any atom is -0.382 e. The molecule has 0 amide bonds. The van der Waals surface area contributed by atoms with E-state index in [1.165, 1.54) is 5.57 Å². The Bertz CT molecular complexity index is 664. The molecule has 138 valence electrons. The lowest BCUT2D eigenvalue weighted by Crippen LogP contribution is -2.57. The van der Waals surface area contributed by atoms with E-state index in [-0.39, 0.29) is 16.6 Å². The molecular weight excluding hydrogens is 312 g/mol. The molecule has 0 saturated heterocycles. The van der Waals surface area contributed by atoms with Crippen LogP contribution >= 0.6 is 0 Å². The number of fused-ring (bicyclic) bond motifs is 5. The second kappa shape index (κ2) is 5.28. The molecule has 0 aromatic heterocycles. The maximum atomic E-state index is 12.3. The van der Waals surface area contributed by atoms with Crippen LogP contribution in [0.3, 0.4) is 0 Å². The zero-order valence-electron chi connectivity index (χ0n) is 16.1. The highest BCUT2D eigenvalue weighted by Crippen LogP contribution is 2.68. The second-order valence-corrected chi connectivity index (χ2v) is 9.91. The van der Waals surface area contributed by atoms with Crippen molar-refractivity contribution < 1.29 is 14.7 Å². The van der Waals surface area contributed by atoms with E-state index in [9.17, 15) is 14.7 Å². The molecule has 0 bridgehead atoms. The lowest BCUT2D eigenvalue weighted by Gasteiger charge is -2.60. The molecule has 0 aromatic carbocycles. The third-order valence-electron chi connectivity index (χ3n) is 9.01. The summed E-state index contributed by atoms with van der Waals surface area (Å²) in [4.78, 5) is 24.3. The summed E-state index contributed by atoms with van der Waals surface area (Å²) in [6, 6.07) is 0. The Hall–Kier alpha value is -0.960. The number of allylic oxidation sites excluding steroid dienone is 1. The van der Waals surface area contributed by atoms with E-state index in [0.717, 1.165) is 32.1 Å². The zero-order chi connectivity index (χ0) is 18.2. The molecule has 0 unspecified atom stereocenters. The van der Waals surface area contributed by atoms with Crippen molar-refractivity contribution in [3.05, 3.63) is 11.6 Å². The van der Waals surface area contributed by atoms with Crippen molar-refractivity contribution in [1.29, 1.82) is 0 Å². The van der Waals surface area contributed by atoms with Crippen LogP contribution in [0.1, 0.15) is 72.6 Å². The first-order valence-corrected chi connectivity index (χ1v) is 10.1. The Balaban J connectivity index is 1.73. The van der Waals surface area contributed by atoms with E-state index in [4.69, 9.17) is 0 Å². The van der Waals surface area contributed by atoms with Crippen LogP contribution < -0.4 is 0 Å². The third-order valence-corrected chi connectivity index (χ3v) is 9.01. The van der Waals surface area contributed by atoms with Crippen LogP contribution in [0.25, 0.3) is 0 Å². The number of carbonyl (C=O) groups excluding carboxylic acids is 2. The van der Waals surface area contributed by atoms with E-state index in [2.05, 4.69) is 20.8 Å². The molecule has 0 heterocycles. The molecule has 0 spiro atoms. The van der Waals surface area contributed by atoms with Crippen molar-refractivity contribution in [1.82, 2.24) is 0 Å². The summed E-state index contributed by atoms with van der Waals surface area (Å²) >= 11 is 0. The standard InChI is InChI=1S/C22H32O3/c1-13-11-16-17(20(3)8-5-15(24)12-19(13)20)6-9-21(4)18(16)7-10-22(21,25)14(2)23/h12-13,16-18,25H,5-11H2,1-4H3/t13-,16+,17-,18+,20-,21+,22+/m0/s1. The first-order valence-electron chi connectivity index (χ1n) is 10.1. The average molecular weight is 344 g/mol. The summed E-state index contributed by atoms with van der Waals surface area (Å²) in [7, 11) is 0. The zero-order valence-corrected chi connectivity index (χ0v) is 16.1. The van der Waals surface area contributed by atoms with Crippen LogP contribution in [0.2, 0.25) is 0 Å². The van der Waals surface area contributed by atoms with Gasteiger partial charge in [-0.15, -0.1) is 0 Å². The number of ketones is 2. The molecule has 0 aromatic rings. The van der Waals surface area contributed by atoms with Crippen LogP contribution in [-0.2, 0) is 9.59 Å². The van der Waals surface area contributed by atoms with Gasteiger partial charge in [0.05, 0.1) is 0 Å². The summed E-state index contributed by atoms with van der Waals surface area (Å²) in [5.74, 6) is 2.27. The van der Waals surface area contributed by atoms with E-state index < -0.39 is 5.60 Å². The Labute approximate surface area is 151 Å². The second-order valence-electron chi connectivity index (χ2n) is 9.91. The molecule has 3 saturated carbocycles. The van der Waals surface area contributed by atoms with Crippen molar-refractivity contribution in [3.8, 4) is 0 Å². The lowest BCUT2D eigenvalue weighted by molar-refractivity contribution is -0.161. The van der Waals surface area contributed by atoms with Crippen molar-refractivity contribution in [2.45, 2.75) is 78.2 Å². The molecule has 3 nitrogen and oxygen atoms in total. The van der Waals surface area contributed by atoms with Gasteiger partial charge in [-0.05, 0) is 80.6 Å². The molecule has 4 aliphatic rings. The van der Waals surface area contributed by atoms with Crippen LogP contribution in [0, 0.1) is 34.5 Å². The Morgan fingerprint density at radius 2 is 1.84 bits per heavy atom. The van der Waals surface area contributed by atoms with Gasteiger partial charge in [-0.2, -0.15) is 0 Å².